The van der Waals surface area contributed by atoms with Crippen LogP contribution in [0.4, 0.5) is 10.1 Å². The van der Waals surface area contributed by atoms with Gasteiger partial charge in [0.25, 0.3) is 0 Å². The predicted molar refractivity (Wildman–Crippen MR) is 116 cm³/mol. The van der Waals surface area contributed by atoms with Crippen molar-refractivity contribution in [3.05, 3.63) is 54.3 Å². The Hall–Kier alpha value is -2.14. The van der Waals surface area contributed by atoms with Crippen molar-refractivity contribution < 1.29 is 27.1 Å². The molecular formula is C20H25FN2O5S2. The first kappa shape index (κ1) is 24.1. The standard InChI is InChI=1S/C20H25FN2O5S2/c1-27-11-12-28-19-9-8-15(14-17(19)21)22-20(24)18(10-13-29-2)23-30(25,26)16-6-4-3-5-7-16/h3-9,14,18,23H,10-13H2,1-2H3,(H,22,24). The fraction of sp³-hybridized carbons (Fsp3) is 0.350. The molecule has 0 saturated heterocycles. The summed E-state index contributed by atoms with van der Waals surface area (Å²) in [5, 5.41) is 2.56. The van der Waals surface area contributed by atoms with Gasteiger partial charge >= 0.3 is 0 Å². The van der Waals surface area contributed by atoms with Crippen LogP contribution in [-0.2, 0) is 19.6 Å². The maximum atomic E-state index is 14.2. The molecule has 164 valence electrons. The quantitative estimate of drug-likeness (QED) is 0.477. The first-order valence-corrected chi connectivity index (χ1v) is 12.0. The molecule has 0 heterocycles. The summed E-state index contributed by atoms with van der Waals surface area (Å²) in [5.74, 6) is -0.616. The third-order valence-electron chi connectivity index (χ3n) is 4.02. The van der Waals surface area contributed by atoms with Gasteiger partial charge in [-0.15, -0.1) is 0 Å². The Morgan fingerprint density at radius 3 is 2.53 bits per heavy atom. The zero-order chi connectivity index (χ0) is 22.0. The summed E-state index contributed by atoms with van der Waals surface area (Å²) in [4.78, 5) is 12.8. The second-order valence-electron chi connectivity index (χ2n) is 6.24. The molecule has 2 aromatic rings. The second kappa shape index (κ2) is 11.9. The summed E-state index contributed by atoms with van der Waals surface area (Å²) in [6.45, 7) is 0.508. The summed E-state index contributed by atoms with van der Waals surface area (Å²) >= 11 is 1.49. The van der Waals surface area contributed by atoms with Gasteiger partial charge in [-0.2, -0.15) is 16.5 Å². The van der Waals surface area contributed by atoms with Crippen LogP contribution in [0.25, 0.3) is 0 Å². The van der Waals surface area contributed by atoms with E-state index in [2.05, 4.69) is 10.0 Å². The Kier molecular flexibility index (Phi) is 9.57. The SMILES string of the molecule is COCCOc1ccc(NC(=O)C(CCSC)NS(=O)(=O)c2ccccc2)cc1F. The Bertz CT molecular complexity index is 926. The minimum atomic E-state index is -3.88. The number of rotatable bonds is 12. The highest BCUT2D eigenvalue weighted by Crippen LogP contribution is 2.22. The average molecular weight is 457 g/mol. The van der Waals surface area contributed by atoms with Crippen molar-refractivity contribution in [2.45, 2.75) is 17.4 Å². The lowest BCUT2D eigenvalue weighted by atomic mass is 10.2. The number of benzene rings is 2. The number of thioether (sulfide) groups is 1. The van der Waals surface area contributed by atoms with Gasteiger partial charge in [0.1, 0.15) is 12.6 Å². The molecule has 7 nitrogen and oxygen atoms in total. The van der Waals surface area contributed by atoms with Crippen LogP contribution in [0.15, 0.2) is 53.4 Å². The second-order valence-corrected chi connectivity index (χ2v) is 8.94. The first-order valence-electron chi connectivity index (χ1n) is 9.16. The Balaban J connectivity index is 2.10. The molecule has 1 unspecified atom stereocenters. The van der Waals surface area contributed by atoms with Crippen LogP contribution >= 0.6 is 11.8 Å². The number of nitrogens with one attached hydrogen (secondary N) is 2. The van der Waals surface area contributed by atoms with Crippen LogP contribution in [0.1, 0.15) is 6.42 Å². The van der Waals surface area contributed by atoms with Crippen molar-refractivity contribution >= 4 is 33.4 Å². The van der Waals surface area contributed by atoms with E-state index in [1.807, 2.05) is 6.26 Å². The predicted octanol–water partition coefficient (Wildman–Crippen LogP) is 2.89. The number of carbonyl (C=O) groups is 1. The summed E-state index contributed by atoms with van der Waals surface area (Å²) in [6.07, 6.45) is 2.14. The largest absolute Gasteiger partial charge is 0.488 e. The van der Waals surface area contributed by atoms with E-state index in [1.54, 1.807) is 18.2 Å². The monoisotopic (exact) mass is 456 g/mol. The van der Waals surface area contributed by atoms with E-state index in [9.17, 15) is 17.6 Å². The summed E-state index contributed by atoms with van der Waals surface area (Å²) in [5.41, 5.74) is 0.199. The molecule has 0 bridgehead atoms. The highest BCUT2D eigenvalue weighted by molar-refractivity contribution is 7.98. The van der Waals surface area contributed by atoms with E-state index >= 15 is 0 Å². The molecular weight excluding hydrogens is 431 g/mol. The molecule has 1 amide bonds. The van der Waals surface area contributed by atoms with Gasteiger partial charge < -0.3 is 14.8 Å². The van der Waals surface area contributed by atoms with E-state index in [4.69, 9.17) is 9.47 Å². The third-order valence-corrected chi connectivity index (χ3v) is 6.15. The molecule has 0 spiro atoms. The molecule has 2 aromatic carbocycles. The molecule has 0 aliphatic carbocycles. The molecule has 2 rings (SSSR count). The number of hydrogen-bond acceptors (Lipinski definition) is 6. The Labute approximate surface area is 180 Å². The molecule has 0 aliphatic heterocycles. The van der Waals surface area contributed by atoms with Crippen molar-refractivity contribution in [2.24, 2.45) is 0 Å². The fourth-order valence-corrected chi connectivity index (χ4v) is 4.22. The van der Waals surface area contributed by atoms with E-state index in [-0.39, 0.29) is 29.4 Å². The van der Waals surface area contributed by atoms with Gasteiger partial charge in [0.15, 0.2) is 11.6 Å². The minimum absolute atomic E-state index is 0.0359. The summed E-state index contributed by atoms with van der Waals surface area (Å²) < 4.78 is 51.9. The number of amides is 1. The van der Waals surface area contributed by atoms with E-state index in [1.165, 1.54) is 43.1 Å². The highest BCUT2D eigenvalue weighted by atomic mass is 32.2. The molecule has 10 heteroatoms. The molecule has 1 atom stereocenters. The van der Waals surface area contributed by atoms with Gasteiger partial charge in [0.2, 0.25) is 15.9 Å². The van der Waals surface area contributed by atoms with Gasteiger partial charge in [-0.1, -0.05) is 18.2 Å². The van der Waals surface area contributed by atoms with E-state index in [0.717, 1.165) is 6.07 Å². The van der Waals surface area contributed by atoms with Crippen molar-refractivity contribution in [2.75, 3.05) is 37.6 Å². The number of methoxy groups -OCH3 is 1. The zero-order valence-corrected chi connectivity index (χ0v) is 18.4. The molecule has 0 aromatic heterocycles. The van der Waals surface area contributed by atoms with Crippen molar-refractivity contribution in [3.63, 3.8) is 0 Å². The van der Waals surface area contributed by atoms with Gasteiger partial charge in [-0.25, -0.2) is 12.8 Å². The first-order chi connectivity index (χ1) is 14.4. The summed E-state index contributed by atoms with van der Waals surface area (Å²) in [6, 6.07) is 10.8. The summed E-state index contributed by atoms with van der Waals surface area (Å²) in [7, 11) is -2.37. The maximum absolute atomic E-state index is 14.2. The molecule has 2 N–H and O–H groups in total. The fourth-order valence-electron chi connectivity index (χ4n) is 2.49. The number of ether oxygens (including phenoxy) is 2. The Morgan fingerprint density at radius 1 is 1.17 bits per heavy atom. The van der Waals surface area contributed by atoms with Gasteiger partial charge in [-0.05, 0) is 42.7 Å². The molecule has 0 radical (unpaired) electrons. The third kappa shape index (κ3) is 7.28. The molecule has 0 saturated carbocycles. The number of halogens is 1. The van der Waals surface area contributed by atoms with Gasteiger partial charge in [-0.3, -0.25) is 4.79 Å². The maximum Gasteiger partial charge on any atom is 0.242 e. The van der Waals surface area contributed by atoms with Gasteiger partial charge in [0, 0.05) is 18.9 Å². The van der Waals surface area contributed by atoms with Crippen molar-refractivity contribution in [1.82, 2.24) is 4.72 Å². The van der Waals surface area contributed by atoms with Crippen LogP contribution in [0.2, 0.25) is 0 Å². The van der Waals surface area contributed by atoms with Crippen LogP contribution in [0.3, 0.4) is 0 Å². The van der Waals surface area contributed by atoms with Crippen LogP contribution in [0.5, 0.6) is 5.75 Å². The van der Waals surface area contributed by atoms with Gasteiger partial charge in [0.05, 0.1) is 11.5 Å². The Morgan fingerprint density at radius 2 is 1.90 bits per heavy atom. The lowest BCUT2D eigenvalue weighted by molar-refractivity contribution is -0.117. The number of anilines is 1. The van der Waals surface area contributed by atoms with Crippen molar-refractivity contribution in [1.29, 1.82) is 0 Å². The zero-order valence-electron chi connectivity index (χ0n) is 16.8. The normalized spacial score (nSPS) is 12.4. The van der Waals surface area contributed by atoms with E-state index < -0.39 is 27.8 Å². The number of carbonyl (C=O) groups excluding carboxylic acids is 1. The lowest BCUT2D eigenvalue weighted by Gasteiger charge is -2.18. The lowest BCUT2D eigenvalue weighted by Crippen LogP contribution is -2.44. The number of sulfonamides is 1. The smallest absolute Gasteiger partial charge is 0.242 e. The highest BCUT2D eigenvalue weighted by Gasteiger charge is 2.25. The van der Waals surface area contributed by atoms with Crippen LogP contribution in [-0.4, -0.2) is 52.7 Å². The molecule has 30 heavy (non-hydrogen) atoms. The molecule has 0 fully saturated rings. The molecule has 0 aliphatic rings. The number of hydrogen-bond donors (Lipinski definition) is 2. The van der Waals surface area contributed by atoms with Crippen LogP contribution < -0.4 is 14.8 Å². The van der Waals surface area contributed by atoms with Crippen LogP contribution in [0, 0.1) is 5.82 Å². The van der Waals surface area contributed by atoms with Crippen molar-refractivity contribution in [3.8, 4) is 5.75 Å². The van der Waals surface area contributed by atoms with E-state index in [0.29, 0.717) is 12.4 Å². The minimum Gasteiger partial charge on any atom is -0.488 e. The topological polar surface area (TPSA) is 93.7 Å². The average Bonchev–Trinajstić information content (AvgIpc) is 2.73.